The van der Waals surface area contributed by atoms with Crippen LogP contribution in [0.2, 0.25) is 0 Å². The zero-order valence-electron chi connectivity index (χ0n) is 17.3. The van der Waals surface area contributed by atoms with Crippen LogP contribution in [0.5, 0.6) is 0 Å². The molecule has 1 N–H and O–H groups in total. The van der Waals surface area contributed by atoms with E-state index in [2.05, 4.69) is 5.32 Å². The molecule has 1 heterocycles. The molecule has 0 spiro atoms. The van der Waals surface area contributed by atoms with Gasteiger partial charge in [-0.25, -0.2) is 4.39 Å². The maximum absolute atomic E-state index is 13.3. The number of benzene rings is 3. The first-order valence-electron chi connectivity index (χ1n) is 10.3. The zero-order chi connectivity index (χ0) is 22.5. The van der Waals surface area contributed by atoms with E-state index in [0.717, 1.165) is 5.56 Å². The van der Waals surface area contributed by atoms with E-state index in [0.29, 0.717) is 29.5 Å². The normalized spacial score (nSPS) is 15.8. The van der Waals surface area contributed by atoms with Crippen molar-refractivity contribution in [3.05, 3.63) is 96.3 Å². The van der Waals surface area contributed by atoms with Crippen LogP contribution < -0.4 is 10.2 Å². The molecule has 32 heavy (non-hydrogen) atoms. The van der Waals surface area contributed by atoms with E-state index in [1.807, 2.05) is 65.6 Å². The number of rotatable bonds is 7. The number of carbonyl (C=O) groups is 2. The first kappa shape index (κ1) is 21.6. The number of carbonyl (C=O) groups excluding carboxylic acids is 2. The van der Waals surface area contributed by atoms with Crippen molar-refractivity contribution in [2.24, 2.45) is 0 Å². The molecule has 1 fully saturated rings. The summed E-state index contributed by atoms with van der Waals surface area (Å²) in [6.45, 7) is 0.506. The predicted molar refractivity (Wildman–Crippen MR) is 127 cm³/mol. The van der Waals surface area contributed by atoms with Crippen LogP contribution in [0.15, 0.2) is 84.9 Å². The number of amides is 2. The second kappa shape index (κ2) is 9.70. The Kier molecular flexibility index (Phi) is 6.56. The average Bonchev–Trinajstić information content (AvgIpc) is 3.04. The smallest absolute Gasteiger partial charge is 0.256 e. The third-order valence-corrected chi connectivity index (χ3v) is 5.74. The minimum absolute atomic E-state index is 0.0610. The van der Waals surface area contributed by atoms with E-state index < -0.39 is 6.04 Å². The van der Waals surface area contributed by atoms with Gasteiger partial charge in [-0.3, -0.25) is 14.5 Å². The lowest BCUT2D eigenvalue weighted by Crippen LogP contribution is -2.39. The SMILES string of the molecule is O=C(C[C@@H]1C(=O)N(c2ccccc2)C(=S)N1CCc1ccccc1)Nc1ccc(F)cc1. The van der Waals surface area contributed by atoms with Crippen LogP contribution >= 0.6 is 12.2 Å². The number of halogens is 1. The molecule has 1 atom stereocenters. The molecule has 0 aliphatic carbocycles. The Labute approximate surface area is 191 Å². The van der Waals surface area contributed by atoms with E-state index in [1.54, 1.807) is 0 Å². The molecule has 0 aromatic heterocycles. The Morgan fingerprint density at radius 1 is 0.938 bits per heavy atom. The Morgan fingerprint density at radius 2 is 1.56 bits per heavy atom. The highest BCUT2D eigenvalue weighted by atomic mass is 32.1. The van der Waals surface area contributed by atoms with Crippen molar-refractivity contribution >= 4 is 40.5 Å². The molecule has 2 amide bonds. The fourth-order valence-electron chi connectivity index (χ4n) is 3.72. The van der Waals surface area contributed by atoms with E-state index in [4.69, 9.17) is 12.2 Å². The maximum Gasteiger partial charge on any atom is 0.256 e. The van der Waals surface area contributed by atoms with Gasteiger partial charge in [-0.1, -0.05) is 48.5 Å². The third-order valence-electron chi connectivity index (χ3n) is 5.32. The van der Waals surface area contributed by atoms with E-state index in [1.165, 1.54) is 29.2 Å². The predicted octanol–water partition coefficient (Wildman–Crippen LogP) is 4.40. The van der Waals surface area contributed by atoms with Gasteiger partial charge in [-0.15, -0.1) is 0 Å². The van der Waals surface area contributed by atoms with Crippen molar-refractivity contribution < 1.29 is 14.0 Å². The lowest BCUT2D eigenvalue weighted by molar-refractivity contribution is -0.124. The summed E-state index contributed by atoms with van der Waals surface area (Å²) in [4.78, 5) is 29.4. The van der Waals surface area contributed by atoms with E-state index in [9.17, 15) is 14.0 Å². The molecule has 1 aliphatic heterocycles. The molecule has 0 bridgehead atoms. The first-order valence-corrected chi connectivity index (χ1v) is 10.7. The second-order valence-corrected chi connectivity index (χ2v) is 7.86. The van der Waals surface area contributed by atoms with Crippen molar-refractivity contribution in [3.63, 3.8) is 0 Å². The Hall–Kier alpha value is -3.58. The summed E-state index contributed by atoms with van der Waals surface area (Å²) in [5.74, 6) is -0.953. The molecule has 0 saturated carbocycles. The molecule has 162 valence electrons. The van der Waals surface area contributed by atoms with Crippen molar-refractivity contribution in [2.45, 2.75) is 18.9 Å². The fourth-order valence-corrected chi connectivity index (χ4v) is 4.13. The molecule has 4 rings (SSSR count). The molecule has 7 heteroatoms. The van der Waals surface area contributed by atoms with Gasteiger partial charge in [-0.05, 0) is 60.6 Å². The Morgan fingerprint density at radius 3 is 2.22 bits per heavy atom. The molecule has 5 nitrogen and oxygen atoms in total. The average molecular weight is 448 g/mol. The highest BCUT2D eigenvalue weighted by Gasteiger charge is 2.43. The topological polar surface area (TPSA) is 52.7 Å². The first-order chi connectivity index (χ1) is 15.5. The largest absolute Gasteiger partial charge is 0.336 e. The van der Waals surface area contributed by atoms with Crippen LogP contribution in [0.25, 0.3) is 0 Å². The number of para-hydroxylation sites is 1. The van der Waals surface area contributed by atoms with Gasteiger partial charge in [0, 0.05) is 12.2 Å². The molecule has 3 aromatic carbocycles. The summed E-state index contributed by atoms with van der Waals surface area (Å²) >= 11 is 5.67. The molecule has 1 aliphatic rings. The monoisotopic (exact) mass is 447 g/mol. The fraction of sp³-hybridized carbons (Fsp3) is 0.160. The minimum Gasteiger partial charge on any atom is -0.336 e. The second-order valence-electron chi connectivity index (χ2n) is 7.50. The summed E-state index contributed by atoms with van der Waals surface area (Å²) in [7, 11) is 0. The summed E-state index contributed by atoms with van der Waals surface area (Å²) in [5.41, 5.74) is 2.27. The molecule has 0 unspecified atom stereocenters. The van der Waals surface area contributed by atoms with Crippen molar-refractivity contribution in [1.82, 2.24) is 4.90 Å². The van der Waals surface area contributed by atoms with Crippen LogP contribution in [-0.4, -0.2) is 34.4 Å². The van der Waals surface area contributed by atoms with Crippen LogP contribution in [-0.2, 0) is 16.0 Å². The van der Waals surface area contributed by atoms with Gasteiger partial charge < -0.3 is 10.2 Å². The molecule has 1 saturated heterocycles. The van der Waals surface area contributed by atoms with Gasteiger partial charge in [0.05, 0.1) is 12.1 Å². The van der Waals surface area contributed by atoms with E-state index in [-0.39, 0.29) is 24.1 Å². The number of nitrogens with one attached hydrogen (secondary N) is 1. The van der Waals surface area contributed by atoms with Crippen molar-refractivity contribution in [3.8, 4) is 0 Å². The number of hydrogen-bond acceptors (Lipinski definition) is 3. The van der Waals surface area contributed by atoms with Gasteiger partial charge >= 0.3 is 0 Å². The Bertz CT molecular complexity index is 1110. The quantitative estimate of drug-likeness (QED) is 0.546. The van der Waals surface area contributed by atoms with Gasteiger partial charge in [0.2, 0.25) is 5.91 Å². The lowest BCUT2D eigenvalue weighted by atomic mass is 10.1. The summed E-state index contributed by atoms with van der Waals surface area (Å²) in [5, 5.41) is 3.12. The molecular weight excluding hydrogens is 425 g/mol. The highest BCUT2D eigenvalue weighted by molar-refractivity contribution is 7.80. The highest BCUT2D eigenvalue weighted by Crippen LogP contribution is 2.27. The molecule has 3 aromatic rings. The summed E-state index contributed by atoms with van der Waals surface area (Å²) in [6, 6.07) is 23.9. The van der Waals surface area contributed by atoms with Gasteiger partial charge in [0.1, 0.15) is 11.9 Å². The Balaban J connectivity index is 1.54. The number of hydrogen-bond donors (Lipinski definition) is 1. The van der Waals surface area contributed by atoms with Crippen LogP contribution in [0.1, 0.15) is 12.0 Å². The van der Waals surface area contributed by atoms with Crippen molar-refractivity contribution in [1.29, 1.82) is 0 Å². The zero-order valence-corrected chi connectivity index (χ0v) is 18.1. The van der Waals surface area contributed by atoms with Crippen LogP contribution in [0, 0.1) is 5.82 Å². The maximum atomic E-state index is 13.3. The number of thiocarbonyl (C=S) groups is 1. The third kappa shape index (κ3) is 4.84. The molecular formula is C25H22FN3O2S. The minimum atomic E-state index is -0.716. The van der Waals surface area contributed by atoms with Gasteiger partial charge in [0.15, 0.2) is 5.11 Å². The van der Waals surface area contributed by atoms with Gasteiger partial charge in [-0.2, -0.15) is 0 Å². The summed E-state index contributed by atoms with van der Waals surface area (Å²) < 4.78 is 13.1. The van der Waals surface area contributed by atoms with Crippen molar-refractivity contribution in [2.75, 3.05) is 16.8 Å². The summed E-state index contributed by atoms with van der Waals surface area (Å²) in [6.07, 6.45) is 0.626. The van der Waals surface area contributed by atoms with Gasteiger partial charge in [0.25, 0.3) is 5.91 Å². The molecule has 0 radical (unpaired) electrons. The number of nitrogens with zero attached hydrogens (tertiary/aromatic N) is 2. The lowest BCUT2D eigenvalue weighted by Gasteiger charge is -2.24. The van der Waals surface area contributed by atoms with Crippen LogP contribution in [0.3, 0.4) is 0 Å². The van der Waals surface area contributed by atoms with Crippen LogP contribution in [0.4, 0.5) is 15.8 Å². The van der Waals surface area contributed by atoms with E-state index >= 15 is 0 Å². The standard InChI is InChI=1S/C25H22FN3O2S/c26-19-11-13-20(14-12-19)27-23(30)17-22-24(31)29(21-9-5-2-6-10-21)25(32)28(22)16-15-18-7-3-1-4-8-18/h1-14,22H,15-17H2,(H,27,30)/t22-/m1/s1. The number of anilines is 2.